The van der Waals surface area contributed by atoms with Crippen molar-refractivity contribution in [2.75, 3.05) is 11.1 Å². The average molecular weight is 243 g/mol. The van der Waals surface area contributed by atoms with E-state index >= 15 is 0 Å². The molecular formula is C13H13N3O2. The van der Waals surface area contributed by atoms with Crippen LogP contribution in [0.3, 0.4) is 0 Å². The molecule has 3 N–H and O–H groups in total. The Labute approximate surface area is 104 Å². The van der Waals surface area contributed by atoms with E-state index in [1.807, 2.05) is 31.2 Å². The summed E-state index contributed by atoms with van der Waals surface area (Å²) in [6.07, 6.45) is 0. The maximum atomic E-state index is 10.6. The predicted octanol–water partition coefficient (Wildman–Crippen LogP) is 3.23. The molecule has 2 aromatic rings. The van der Waals surface area contributed by atoms with Crippen LogP contribution in [0.5, 0.6) is 0 Å². The molecule has 2 aromatic carbocycles. The van der Waals surface area contributed by atoms with E-state index < -0.39 is 4.92 Å². The lowest BCUT2D eigenvalue weighted by Crippen LogP contribution is -1.98. The van der Waals surface area contributed by atoms with Crippen molar-refractivity contribution in [3.8, 4) is 0 Å². The Kier molecular flexibility index (Phi) is 3.14. The zero-order chi connectivity index (χ0) is 13.1. The number of non-ortho nitro benzene ring substituents is 1. The number of anilines is 3. The minimum Gasteiger partial charge on any atom is -0.397 e. The Morgan fingerprint density at radius 3 is 2.39 bits per heavy atom. The highest BCUT2D eigenvalue weighted by Gasteiger charge is 2.08. The van der Waals surface area contributed by atoms with Crippen molar-refractivity contribution in [3.63, 3.8) is 0 Å². The number of nitro benzene ring substituents is 1. The maximum Gasteiger partial charge on any atom is 0.271 e. The zero-order valence-electron chi connectivity index (χ0n) is 9.88. The van der Waals surface area contributed by atoms with E-state index in [2.05, 4.69) is 5.32 Å². The van der Waals surface area contributed by atoms with Crippen LogP contribution in [-0.2, 0) is 0 Å². The first-order valence-electron chi connectivity index (χ1n) is 5.44. The Balaban J connectivity index is 2.24. The van der Waals surface area contributed by atoms with Crippen molar-refractivity contribution in [2.45, 2.75) is 6.92 Å². The summed E-state index contributed by atoms with van der Waals surface area (Å²) in [5.41, 5.74) is 8.82. The third-order valence-electron chi connectivity index (χ3n) is 2.58. The molecule has 0 amide bonds. The standard InChI is InChI=1S/C13H13N3O2/c1-9-2-4-10(5-3-9)15-13-7-6-11(16(17)18)8-12(13)14/h2-8,15H,14H2,1H3. The first kappa shape index (κ1) is 11.9. The van der Waals surface area contributed by atoms with Crippen LogP contribution in [0, 0.1) is 17.0 Å². The number of hydrogen-bond acceptors (Lipinski definition) is 4. The number of aryl methyl sites for hydroxylation is 1. The number of hydrogen-bond donors (Lipinski definition) is 2. The molecule has 0 bridgehead atoms. The lowest BCUT2D eigenvalue weighted by atomic mass is 10.2. The second kappa shape index (κ2) is 4.75. The Morgan fingerprint density at radius 2 is 1.83 bits per heavy atom. The Bertz CT molecular complexity index is 579. The molecule has 0 aliphatic carbocycles. The molecule has 0 radical (unpaired) electrons. The highest BCUT2D eigenvalue weighted by Crippen LogP contribution is 2.27. The Morgan fingerprint density at radius 1 is 1.17 bits per heavy atom. The van der Waals surface area contributed by atoms with Gasteiger partial charge < -0.3 is 11.1 Å². The van der Waals surface area contributed by atoms with Gasteiger partial charge in [0, 0.05) is 17.8 Å². The highest BCUT2D eigenvalue weighted by atomic mass is 16.6. The number of benzene rings is 2. The van der Waals surface area contributed by atoms with Gasteiger partial charge in [-0.25, -0.2) is 0 Å². The van der Waals surface area contributed by atoms with E-state index in [0.717, 1.165) is 11.3 Å². The van der Waals surface area contributed by atoms with Crippen LogP contribution in [0.15, 0.2) is 42.5 Å². The number of nitrogens with zero attached hydrogens (tertiary/aromatic N) is 1. The molecule has 5 heteroatoms. The lowest BCUT2D eigenvalue weighted by Gasteiger charge is -2.09. The van der Waals surface area contributed by atoms with Crippen LogP contribution < -0.4 is 11.1 Å². The normalized spacial score (nSPS) is 10.1. The fraction of sp³-hybridized carbons (Fsp3) is 0.0769. The van der Waals surface area contributed by atoms with Crippen LogP contribution in [0.1, 0.15) is 5.56 Å². The summed E-state index contributed by atoms with van der Waals surface area (Å²) in [4.78, 5) is 10.1. The van der Waals surface area contributed by atoms with Crippen LogP contribution in [0.2, 0.25) is 0 Å². The van der Waals surface area contributed by atoms with E-state index in [9.17, 15) is 10.1 Å². The van der Waals surface area contributed by atoms with Gasteiger partial charge in [0.2, 0.25) is 0 Å². The van der Waals surface area contributed by atoms with Gasteiger partial charge in [0.15, 0.2) is 0 Å². The summed E-state index contributed by atoms with van der Waals surface area (Å²) in [6.45, 7) is 2.00. The van der Waals surface area contributed by atoms with E-state index in [-0.39, 0.29) is 5.69 Å². The third-order valence-corrected chi connectivity index (χ3v) is 2.58. The zero-order valence-corrected chi connectivity index (χ0v) is 9.88. The van der Waals surface area contributed by atoms with E-state index in [0.29, 0.717) is 11.4 Å². The SMILES string of the molecule is Cc1ccc(Nc2ccc([N+](=O)[O-])cc2N)cc1. The molecule has 5 nitrogen and oxygen atoms in total. The van der Waals surface area contributed by atoms with Gasteiger partial charge in [-0.3, -0.25) is 10.1 Å². The largest absolute Gasteiger partial charge is 0.397 e. The van der Waals surface area contributed by atoms with Crippen molar-refractivity contribution in [3.05, 3.63) is 58.1 Å². The first-order valence-corrected chi connectivity index (χ1v) is 5.44. The molecule has 0 spiro atoms. The van der Waals surface area contributed by atoms with Gasteiger partial charge in [-0.1, -0.05) is 17.7 Å². The first-order chi connectivity index (χ1) is 8.56. The van der Waals surface area contributed by atoms with E-state index in [4.69, 9.17) is 5.73 Å². The van der Waals surface area contributed by atoms with Crippen molar-refractivity contribution >= 4 is 22.7 Å². The maximum absolute atomic E-state index is 10.6. The smallest absolute Gasteiger partial charge is 0.271 e. The fourth-order valence-corrected chi connectivity index (χ4v) is 1.57. The molecule has 0 fully saturated rings. The topological polar surface area (TPSA) is 81.2 Å². The van der Waals surface area contributed by atoms with E-state index in [1.54, 1.807) is 6.07 Å². The number of nitrogens with one attached hydrogen (secondary N) is 1. The van der Waals surface area contributed by atoms with Crippen molar-refractivity contribution < 1.29 is 4.92 Å². The summed E-state index contributed by atoms with van der Waals surface area (Å²) < 4.78 is 0. The van der Waals surface area contributed by atoms with Gasteiger partial charge in [-0.2, -0.15) is 0 Å². The molecule has 0 saturated carbocycles. The number of nitrogen functional groups attached to an aromatic ring is 1. The molecule has 0 aromatic heterocycles. The average Bonchev–Trinajstić information content (AvgIpc) is 2.34. The summed E-state index contributed by atoms with van der Waals surface area (Å²) in [6, 6.07) is 12.2. The van der Waals surface area contributed by atoms with Crippen molar-refractivity contribution in [2.24, 2.45) is 0 Å². The van der Waals surface area contributed by atoms with Crippen molar-refractivity contribution in [1.29, 1.82) is 0 Å². The monoisotopic (exact) mass is 243 g/mol. The molecule has 0 aliphatic heterocycles. The van der Waals surface area contributed by atoms with Gasteiger partial charge in [-0.15, -0.1) is 0 Å². The summed E-state index contributed by atoms with van der Waals surface area (Å²) in [5, 5.41) is 13.7. The highest BCUT2D eigenvalue weighted by molar-refractivity contribution is 5.74. The van der Waals surface area contributed by atoms with Gasteiger partial charge in [0.1, 0.15) is 0 Å². The second-order valence-electron chi connectivity index (χ2n) is 4.02. The molecule has 0 heterocycles. The minimum atomic E-state index is -0.466. The van der Waals surface area contributed by atoms with Crippen LogP contribution >= 0.6 is 0 Å². The van der Waals surface area contributed by atoms with Crippen LogP contribution in [-0.4, -0.2) is 4.92 Å². The molecule has 18 heavy (non-hydrogen) atoms. The lowest BCUT2D eigenvalue weighted by molar-refractivity contribution is -0.384. The van der Waals surface area contributed by atoms with Crippen LogP contribution in [0.25, 0.3) is 0 Å². The number of nitro groups is 1. The van der Waals surface area contributed by atoms with Crippen LogP contribution in [0.4, 0.5) is 22.7 Å². The molecule has 92 valence electrons. The minimum absolute atomic E-state index is 0.0121. The van der Waals surface area contributed by atoms with Gasteiger partial charge >= 0.3 is 0 Å². The molecule has 0 saturated heterocycles. The summed E-state index contributed by atoms with van der Waals surface area (Å²) in [7, 11) is 0. The second-order valence-corrected chi connectivity index (χ2v) is 4.02. The predicted molar refractivity (Wildman–Crippen MR) is 72.0 cm³/mol. The third kappa shape index (κ3) is 2.57. The van der Waals surface area contributed by atoms with Gasteiger partial charge in [-0.05, 0) is 25.1 Å². The number of nitrogens with two attached hydrogens (primary N) is 1. The van der Waals surface area contributed by atoms with E-state index in [1.165, 1.54) is 12.1 Å². The molecule has 0 unspecified atom stereocenters. The molecule has 0 aliphatic rings. The van der Waals surface area contributed by atoms with Crippen molar-refractivity contribution in [1.82, 2.24) is 0 Å². The fourth-order valence-electron chi connectivity index (χ4n) is 1.57. The molecule has 2 rings (SSSR count). The van der Waals surface area contributed by atoms with Gasteiger partial charge in [0.25, 0.3) is 5.69 Å². The molecular weight excluding hydrogens is 230 g/mol. The quantitative estimate of drug-likeness (QED) is 0.492. The van der Waals surface area contributed by atoms with Gasteiger partial charge in [0.05, 0.1) is 16.3 Å². The Hall–Kier alpha value is -2.56. The summed E-state index contributed by atoms with van der Waals surface area (Å²) >= 11 is 0. The summed E-state index contributed by atoms with van der Waals surface area (Å²) in [5.74, 6) is 0. The number of rotatable bonds is 3. The molecule has 0 atom stereocenters.